The summed E-state index contributed by atoms with van der Waals surface area (Å²) in [6.07, 6.45) is 0.469. The van der Waals surface area contributed by atoms with Gasteiger partial charge in [-0.05, 0) is 42.3 Å². The minimum absolute atomic E-state index is 0.0252. The van der Waals surface area contributed by atoms with E-state index >= 15 is 0 Å². The maximum atomic E-state index is 13.6. The molecule has 4 nitrogen and oxygen atoms in total. The fourth-order valence-electron chi connectivity index (χ4n) is 4.06. The Labute approximate surface area is 193 Å². The Kier molecular flexibility index (Phi) is 5.31. The molecule has 1 aliphatic heterocycles. The molecule has 0 saturated carbocycles. The molecule has 0 fully saturated rings. The summed E-state index contributed by atoms with van der Waals surface area (Å²) in [6.45, 7) is 2.48. The summed E-state index contributed by atoms with van der Waals surface area (Å²) in [5.41, 5.74) is 3.87. The molecule has 162 valence electrons. The lowest BCUT2D eigenvalue weighted by Crippen LogP contribution is -2.32. The lowest BCUT2D eigenvalue weighted by atomic mass is 9.97. The van der Waals surface area contributed by atoms with Crippen LogP contribution in [0, 0.1) is 12.7 Å². The molecule has 4 aromatic rings. The number of rotatable bonds is 3. The number of ether oxygens (including phenoxy) is 1. The fourth-order valence-corrected chi connectivity index (χ4v) is 4.52. The molecule has 0 aliphatic carbocycles. The van der Waals surface area contributed by atoms with E-state index in [-0.39, 0.29) is 17.4 Å². The number of benzene rings is 3. The van der Waals surface area contributed by atoms with Crippen molar-refractivity contribution in [1.29, 1.82) is 0 Å². The maximum absolute atomic E-state index is 13.6. The van der Waals surface area contributed by atoms with Crippen LogP contribution in [-0.2, 0) is 13.0 Å². The highest BCUT2D eigenvalue weighted by Crippen LogP contribution is 2.41. The number of nitrogens with zero attached hydrogens (tertiary/aromatic N) is 1. The van der Waals surface area contributed by atoms with Gasteiger partial charge in [-0.15, -0.1) is 0 Å². The monoisotopic (exact) mass is 469 g/mol. The number of hydrogen-bond donors (Lipinski definition) is 0. The van der Waals surface area contributed by atoms with Gasteiger partial charge in [-0.2, -0.15) is 0 Å². The Balaban J connectivity index is 1.61. The summed E-state index contributed by atoms with van der Waals surface area (Å²) in [7, 11) is 0. The van der Waals surface area contributed by atoms with Gasteiger partial charge in [0.25, 0.3) is 0 Å². The van der Waals surface area contributed by atoms with E-state index in [0.717, 1.165) is 16.5 Å². The third kappa shape index (κ3) is 3.61. The zero-order chi connectivity index (χ0) is 22.4. The molecule has 3 aromatic carbocycles. The minimum atomic E-state index is -0.491. The van der Waals surface area contributed by atoms with E-state index in [1.54, 1.807) is 12.1 Å². The second kappa shape index (κ2) is 8.15. The average Bonchev–Trinajstić information content (AvgIpc) is 2.80. The van der Waals surface area contributed by atoms with Gasteiger partial charge in [0, 0.05) is 23.1 Å². The molecule has 0 atom stereocenters. The molecule has 7 heteroatoms. The SMILES string of the molecule is Cc1c(Cc2ccccc2)c(=O)oc2c3c(c(Cl)cc12)OCN(c1ccc(F)c(Cl)c1)C3. The van der Waals surface area contributed by atoms with Crippen molar-refractivity contribution in [2.75, 3.05) is 11.6 Å². The van der Waals surface area contributed by atoms with Gasteiger partial charge < -0.3 is 14.1 Å². The summed E-state index contributed by atoms with van der Waals surface area (Å²) in [5.74, 6) is -0.00297. The van der Waals surface area contributed by atoms with E-state index in [1.165, 1.54) is 12.1 Å². The number of fused-ring (bicyclic) bond motifs is 3. The van der Waals surface area contributed by atoms with Gasteiger partial charge in [-0.25, -0.2) is 9.18 Å². The average molecular weight is 470 g/mol. The van der Waals surface area contributed by atoms with Crippen LogP contribution in [0.3, 0.4) is 0 Å². The van der Waals surface area contributed by atoms with Gasteiger partial charge in [0.1, 0.15) is 17.1 Å². The van der Waals surface area contributed by atoms with Crippen LogP contribution in [-0.4, -0.2) is 6.73 Å². The Morgan fingerprint density at radius 1 is 1.06 bits per heavy atom. The molecule has 0 radical (unpaired) electrons. The zero-order valence-corrected chi connectivity index (χ0v) is 18.6. The van der Waals surface area contributed by atoms with Crippen molar-refractivity contribution in [2.24, 2.45) is 0 Å². The van der Waals surface area contributed by atoms with Gasteiger partial charge in [-0.1, -0.05) is 53.5 Å². The summed E-state index contributed by atoms with van der Waals surface area (Å²) in [5, 5.41) is 1.24. The molecule has 0 saturated heterocycles. The third-order valence-electron chi connectivity index (χ3n) is 5.78. The van der Waals surface area contributed by atoms with Crippen molar-refractivity contribution in [3.63, 3.8) is 0 Å². The van der Waals surface area contributed by atoms with E-state index < -0.39 is 5.82 Å². The Hall–Kier alpha value is -3.02. The van der Waals surface area contributed by atoms with Crippen LogP contribution in [0.1, 0.15) is 22.3 Å². The zero-order valence-electron chi connectivity index (χ0n) is 17.1. The molecule has 2 heterocycles. The van der Waals surface area contributed by atoms with Crippen LogP contribution < -0.4 is 15.3 Å². The van der Waals surface area contributed by atoms with Gasteiger partial charge in [0.2, 0.25) is 0 Å². The summed E-state index contributed by atoms with van der Waals surface area (Å²) in [6, 6.07) is 16.0. The van der Waals surface area contributed by atoms with Crippen molar-refractivity contribution in [3.05, 3.63) is 103 Å². The summed E-state index contributed by atoms with van der Waals surface area (Å²) in [4.78, 5) is 14.8. The topological polar surface area (TPSA) is 42.7 Å². The molecule has 1 aromatic heterocycles. The minimum Gasteiger partial charge on any atom is -0.471 e. The standard InChI is InChI=1S/C25H18Cl2FNO3/c1-14-17-11-21(27)24-19(12-29(13-31-24)16-7-8-22(28)20(26)10-16)23(17)32-25(30)18(14)9-15-5-3-2-4-6-15/h2-8,10-11H,9,12-13H2,1H3. The molecular weight excluding hydrogens is 452 g/mol. The van der Waals surface area contributed by atoms with Crippen LogP contribution in [0.15, 0.2) is 63.8 Å². The van der Waals surface area contributed by atoms with Crippen molar-refractivity contribution in [3.8, 4) is 5.75 Å². The third-order valence-corrected chi connectivity index (χ3v) is 6.35. The predicted molar refractivity (Wildman–Crippen MR) is 125 cm³/mol. The van der Waals surface area contributed by atoms with Crippen LogP contribution >= 0.6 is 23.2 Å². The molecule has 1 aliphatic rings. The van der Waals surface area contributed by atoms with Gasteiger partial charge in [0.15, 0.2) is 6.73 Å². The quantitative estimate of drug-likeness (QED) is 0.321. The lowest BCUT2D eigenvalue weighted by Gasteiger charge is -2.31. The molecular formula is C25H18Cl2FNO3. The molecule has 0 unspecified atom stereocenters. The number of aryl methyl sites for hydroxylation is 1. The number of hydrogen-bond acceptors (Lipinski definition) is 4. The highest BCUT2D eigenvalue weighted by Gasteiger charge is 2.26. The Morgan fingerprint density at radius 2 is 1.84 bits per heavy atom. The van der Waals surface area contributed by atoms with E-state index in [0.29, 0.717) is 46.1 Å². The van der Waals surface area contributed by atoms with Gasteiger partial charge in [-0.3, -0.25) is 0 Å². The maximum Gasteiger partial charge on any atom is 0.340 e. The van der Waals surface area contributed by atoms with E-state index in [9.17, 15) is 9.18 Å². The second-order valence-electron chi connectivity index (χ2n) is 7.77. The predicted octanol–water partition coefficient (Wildman–Crippen LogP) is 6.49. The molecule has 0 amide bonds. The summed E-state index contributed by atoms with van der Waals surface area (Å²) >= 11 is 12.5. The molecule has 5 rings (SSSR count). The number of anilines is 1. The molecule has 32 heavy (non-hydrogen) atoms. The first-order valence-corrected chi connectivity index (χ1v) is 10.8. The van der Waals surface area contributed by atoms with E-state index in [1.807, 2.05) is 42.2 Å². The smallest absolute Gasteiger partial charge is 0.340 e. The van der Waals surface area contributed by atoms with Gasteiger partial charge in [0.05, 0.1) is 22.2 Å². The highest BCUT2D eigenvalue weighted by molar-refractivity contribution is 6.33. The van der Waals surface area contributed by atoms with Crippen molar-refractivity contribution >= 4 is 39.9 Å². The first-order chi connectivity index (χ1) is 15.4. The first-order valence-electron chi connectivity index (χ1n) is 10.1. The highest BCUT2D eigenvalue weighted by atomic mass is 35.5. The molecule has 0 N–H and O–H groups in total. The normalized spacial score (nSPS) is 13.2. The fraction of sp³-hybridized carbons (Fsp3) is 0.160. The molecule has 0 spiro atoms. The van der Waals surface area contributed by atoms with Crippen molar-refractivity contribution in [1.82, 2.24) is 0 Å². The van der Waals surface area contributed by atoms with Crippen LogP contribution in [0.25, 0.3) is 11.0 Å². The van der Waals surface area contributed by atoms with Crippen LogP contribution in [0.4, 0.5) is 10.1 Å². The summed E-state index contributed by atoms with van der Waals surface area (Å²) < 4.78 is 25.3. The Morgan fingerprint density at radius 3 is 2.59 bits per heavy atom. The van der Waals surface area contributed by atoms with Crippen LogP contribution in [0.5, 0.6) is 5.75 Å². The van der Waals surface area contributed by atoms with Crippen molar-refractivity contribution < 1.29 is 13.5 Å². The van der Waals surface area contributed by atoms with Crippen LogP contribution in [0.2, 0.25) is 10.0 Å². The number of halogens is 3. The largest absolute Gasteiger partial charge is 0.471 e. The van der Waals surface area contributed by atoms with E-state index in [2.05, 4.69) is 0 Å². The Bertz CT molecular complexity index is 1400. The van der Waals surface area contributed by atoms with Gasteiger partial charge >= 0.3 is 5.63 Å². The van der Waals surface area contributed by atoms with E-state index in [4.69, 9.17) is 32.4 Å². The first kappa shape index (κ1) is 20.9. The lowest BCUT2D eigenvalue weighted by molar-refractivity contribution is 0.289. The molecule has 0 bridgehead atoms. The second-order valence-corrected chi connectivity index (χ2v) is 8.58. The van der Waals surface area contributed by atoms with Crippen molar-refractivity contribution in [2.45, 2.75) is 19.9 Å².